The van der Waals surface area contributed by atoms with Crippen LogP contribution in [0.4, 0.5) is 4.39 Å². The third-order valence-electron chi connectivity index (χ3n) is 6.15. The Labute approximate surface area is 308 Å². The van der Waals surface area contributed by atoms with Gasteiger partial charge in [0.05, 0.1) is 45.6 Å². The van der Waals surface area contributed by atoms with E-state index in [4.69, 9.17) is 21.4 Å². The molecule has 52 heavy (non-hydrogen) atoms. The molecular formula is C35H62FN7O9. The summed E-state index contributed by atoms with van der Waals surface area (Å²) in [5, 5.41) is 28.1. The average molecular weight is 752 g/mol. The summed E-state index contributed by atoms with van der Waals surface area (Å²) in [5.41, 5.74) is 1.08. The number of alkyl halides is 1. The number of carbonyl (C=O) groups excluding carboxylic acids is 1. The second-order valence-corrected chi connectivity index (χ2v) is 10.0. The van der Waals surface area contributed by atoms with E-state index in [1.807, 2.05) is 36.7 Å². The number of aliphatic hydroxyl groups excluding tert-OH is 1. The van der Waals surface area contributed by atoms with Crippen LogP contribution in [0.2, 0.25) is 0 Å². The number of carboxylic acid groups (broad SMARTS) is 2. The van der Waals surface area contributed by atoms with Crippen molar-refractivity contribution in [1.82, 2.24) is 37.6 Å². The van der Waals surface area contributed by atoms with Gasteiger partial charge in [-0.1, -0.05) is 0 Å². The molecule has 0 radical (unpaired) electrons. The molecule has 16 nitrogen and oxygen atoms in total. The van der Waals surface area contributed by atoms with Crippen LogP contribution in [0.15, 0.2) is 109 Å². The highest BCUT2D eigenvalue weighted by Crippen LogP contribution is 2.17. The van der Waals surface area contributed by atoms with Gasteiger partial charge in [0.1, 0.15) is 11.4 Å². The third kappa shape index (κ3) is 29.6. The van der Waals surface area contributed by atoms with Crippen molar-refractivity contribution in [1.29, 1.82) is 0 Å². The smallest absolute Gasteiger partial charge is 0.352 e. The van der Waals surface area contributed by atoms with Gasteiger partial charge < -0.3 is 67.5 Å². The second-order valence-electron chi connectivity index (χ2n) is 10.0. The number of halogens is 1. The van der Waals surface area contributed by atoms with Crippen molar-refractivity contribution in [2.24, 2.45) is 0 Å². The Hall–Kier alpha value is -5.30. The summed E-state index contributed by atoms with van der Waals surface area (Å²) in [6.45, 7) is 5.65. The average Bonchev–Trinajstić information content (AvgIpc) is 3.99. The summed E-state index contributed by atoms with van der Waals surface area (Å²) in [4.78, 5) is 40.6. The van der Waals surface area contributed by atoms with E-state index >= 15 is 0 Å². The minimum Gasteiger partial charge on any atom is -0.477 e. The van der Waals surface area contributed by atoms with Crippen LogP contribution < -0.4 is 17.6 Å². The topological polar surface area (TPSA) is 311 Å². The molecule has 0 amide bonds. The number of aliphatic hydroxyl groups is 1. The van der Waals surface area contributed by atoms with Crippen molar-refractivity contribution in [3.05, 3.63) is 121 Å². The molecule has 2 fully saturated rings. The third-order valence-corrected chi connectivity index (χ3v) is 6.15. The Morgan fingerprint density at radius 3 is 1.50 bits per heavy atom. The van der Waals surface area contributed by atoms with E-state index in [0.717, 1.165) is 19.3 Å². The lowest BCUT2D eigenvalue weighted by molar-refractivity contribution is 0.0671. The Morgan fingerprint density at radius 1 is 0.846 bits per heavy atom. The van der Waals surface area contributed by atoms with Crippen molar-refractivity contribution in [2.75, 3.05) is 20.3 Å². The number of aldehydes is 1. The van der Waals surface area contributed by atoms with Gasteiger partial charge in [-0.3, -0.25) is 9.18 Å². The lowest BCUT2D eigenvalue weighted by Crippen LogP contribution is -2.24. The molecular weight excluding hydrogens is 688 g/mol. The van der Waals surface area contributed by atoms with Crippen LogP contribution in [0, 0.1) is 0 Å². The number of carboxylic acids is 2. The number of rotatable bonds is 4. The Kier molecular flexibility index (Phi) is 36.3. The molecule has 298 valence electrons. The molecule has 2 saturated heterocycles. The molecule has 0 saturated carbocycles. The maximum absolute atomic E-state index is 10.0. The number of hydrogen-bond acceptors (Lipinski definition) is 9. The fraction of sp³-hybridized carbons (Fsp3) is 0.343. The highest BCUT2D eigenvalue weighted by Gasteiger charge is 2.16. The van der Waals surface area contributed by atoms with Crippen molar-refractivity contribution in [3.8, 4) is 0 Å². The number of nitrogens with one attached hydrogen (secondary N) is 5. The van der Waals surface area contributed by atoms with Gasteiger partial charge in [-0.25, -0.2) is 9.59 Å². The zero-order chi connectivity index (χ0) is 37.2. The van der Waals surface area contributed by atoms with Gasteiger partial charge in [-0.2, -0.15) is 0 Å². The van der Waals surface area contributed by atoms with Gasteiger partial charge >= 0.3 is 11.9 Å². The minimum absolute atomic E-state index is 0. The largest absolute Gasteiger partial charge is 0.477 e. The Balaban J connectivity index is -0.000000125. The number of aromatic amines is 4. The molecule has 5 aromatic rings. The molecule has 2 aliphatic rings. The van der Waals surface area contributed by atoms with Crippen molar-refractivity contribution >= 4 is 18.2 Å². The molecule has 7 rings (SSSR count). The number of ether oxygens (including phenoxy) is 1. The lowest BCUT2D eigenvalue weighted by atomic mass is 10.2. The van der Waals surface area contributed by atoms with Crippen LogP contribution in [0.3, 0.4) is 0 Å². The van der Waals surface area contributed by atoms with Crippen LogP contribution in [0.25, 0.3) is 0 Å². The van der Waals surface area contributed by atoms with E-state index in [0.29, 0.717) is 30.6 Å². The van der Waals surface area contributed by atoms with Crippen LogP contribution in [0.5, 0.6) is 0 Å². The number of hydrogen-bond donors (Lipinski definition) is 10. The molecule has 3 atom stereocenters. The highest BCUT2D eigenvalue weighted by atomic mass is 19.1. The summed E-state index contributed by atoms with van der Waals surface area (Å²) in [7, 11) is -1.00. The zero-order valence-electron chi connectivity index (χ0n) is 30.7. The molecule has 0 spiro atoms. The minimum atomic E-state index is -1.00. The predicted molar refractivity (Wildman–Crippen MR) is 203 cm³/mol. The van der Waals surface area contributed by atoms with Crippen molar-refractivity contribution in [2.45, 2.75) is 57.8 Å². The van der Waals surface area contributed by atoms with Crippen LogP contribution in [0.1, 0.15) is 75.2 Å². The summed E-state index contributed by atoms with van der Waals surface area (Å²) >= 11 is 0. The van der Waals surface area contributed by atoms with Crippen LogP contribution in [-0.4, -0.2) is 97.5 Å². The summed E-state index contributed by atoms with van der Waals surface area (Å²) in [5.74, 6) is -1.84. The molecule has 7 heterocycles. The normalized spacial score (nSPS) is 15.7. The second kappa shape index (κ2) is 37.0. The number of carbonyl (C=O) groups is 3. The maximum Gasteiger partial charge on any atom is 0.352 e. The molecule has 0 aromatic carbocycles. The molecule has 2 aliphatic heterocycles. The monoisotopic (exact) mass is 751 g/mol. The first-order valence-electron chi connectivity index (χ1n) is 16.1. The predicted octanol–water partition coefficient (Wildman–Crippen LogP) is 6.43. The molecule has 16 N–H and O–H groups in total. The van der Waals surface area contributed by atoms with Gasteiger partial charge in [0, 0.05) is 39.9 Å². The van der Waals surface area contributed by atoms with Crippen LogP contribution in [-0.2, 0) is 4.74 Å². The lowest BCUT2D eigenvalue weighted by Gasteiger charge is -2.01. The van der Waals surface area contributed by atoms with Crippen molar-refractivity contribution in [3.63, 3.8) is 0 Å². The van der Waals surface area contributed by atoms with Gasteiger partial charge in [0.15, 0.2) is 6.29 Å². The van der Waals surface area contributed by atoms with Gasteiger partial charge in [-0.15, -0.1) is 0 Å². The first-order chi connectivity index (χ1) is 24.2. The molecule has 3 unspecified atom stereocenters. The van der Waals surface area contributed by atoms with E-state index in [2.05, 4.69) is 43.5 Å². The summed E-state index contributed by atoms with van der Waals surface area (Å²) in [6.07, 6.45) is 18.6. The van der Waals surface area contributed by atoms with Gasteiger partial charge in [0.2, 0.25) is 0 Å². The maximum atomic E-state index is 10.0. The summed E-state index contributed by atoms with van der Waals surface area (Å²) in [6, 6.07) is 17.7. The van der Waals surface area contributed by atoms with E-state index in [9.17, 15) is 18.8 Å². The molecule has 0 bridgehead atoms. The molecule has 0 aliphatic carbocycles. The first-order valence-corrected chi connectivity index (χ1v) is 15.4. The SMILES string of the molecule is CC1CCC(C)O1.O.O=C(O)c1ccc[15nH]1.O=C(O)c1ccc[15nH]1.O=Cc1ccc[15nH]1.OCC1CCC[15NH]1.[15NH3].[15NH3].[2H]CF.[HH].[HH].c1cc[15nH]c1.c1ccoc1. The number of aromatic nitrogens is 4. The quantitative estimate of drug-likeness (QED) is 0.0704. The van der Waals surface area contributed by atoms with E-state index in [-0.39, 0.29) is 32.0 Å². The number of H-pyrrole nitrogens is 4. The fourth-order valence-corrected chi connectivity index (χ4v) is 3.76. The van der Waals surface area contributed by atoms with E-state index in [1.165, 1.54) is 31.4 Å². The highest BCUT2D eigenvalue weighted by molar-refractivity contribution is 5.85. The van der Waals surface area contributed by atoms with Gasteiger partial charge in [0.25, 0.3) is 0 Å². The van der Waals surface area contributed by atoms with Crippen LogP contribution >= 0.6 is 0 Å². The molecule has 5 aromatic heterocycles. The van der Waals surface area contributed by atoms with Crippen molar-refractivity contribution < 1.29 is 52.9 Å². The van der Waals surface area contributed by atoms with Gasteiger partial charge in [-0.05, 0) is 107 Å². The number of furan rings is 1. The molecule has 17 heteroatoms. The summed E-state index contributed by atoms with van der Waals surface area (Å²) < 4.78 is 25.4. The zero-order valence-corrected chi connectivity index (χ0v) is 29.7. The first kappa shape index (κ1) is 51.1. The van der Waals surface area contributed by atoms with E-state index in [1.54, 1.807) is 55.4 Å². The number of aromatic carboxylic acids is 2. The van der Waals surface area contributed by atoms with E-state index < -0.39 is 19.1 Å². The Bertz CT molecular complexity index is 1280. The standard InChI is InChI=1S/C6H12O.2C5H5NO2.C5H11NO.C5H5NO.C4H5N.C4H4O.CH3F.2H3N.H2O.2H2/c1-5-3-4-6(2)7-5;2*7-5(8)4-2-1-3-6-4;2*7-4-5-2-1-3-6-5;2*1-2-4-5-3-1;1-2;;;;;/h5-6H,3-4H2,1-2H3;2*1-3,6H,(H,7,8);5-7H,1-4H2;1-4,6H;1-5H;1-4H;1H3;2*1H3;1H2;2*1H/i;4*6+1;5+1;;1D;2*1+1;;;. The fourth-order valence-electron chi connectivity index (χ4n) is 3.76. The Morgan fingerprint density at radius 2 is 1.33 bits per heavy atom.